The average Bonchev–Trinajstić information content (AvgIpc) is 4.01. The number of fused-ring (bicyclic) bond motifs is 15. The van der Waals surface area contributed by atoms with Gasteiger partial charge in [0, 0.05) is 47.8 Å². The Labute approximate surface area is 388 Å². The van der Waals surface area contributed by atoms with Gasteiger partial charge in [0.05, 0.1) is 11.1 Å². The Morgan fingerprint density at radius 3 is 1.77 bits per heavy atom. The van der Waals surface area contributed by atoms with Crippen LogP contribution in [0.1, 0.15) is 36.8 Å². The van der Waals surface area contributed by atoms with Crippen LogP contribution in [0.3, 0.4) is 0 Å². The summed E-state index contributed by atoms with van der Waals surface area (Å²) in [7, 11) is 0. The van der Waals surface area contributed by atoms with E-state index in [9.17, 15) is 0 Å². The van der Waals surface area contributed by atoms with E-state index in [1.165, 1.54) is 87.5 Å². The highest BCUT2D eigenvalue weighted by atomic mass is 32.1. The molecule has 2 aliphatic heterocycles. The van der Waals surface area contributed by atoms with Crippen molar-refractivity contribution in [2.45, 2.75) is 19.2 Å². The molecule has 304 valence electrons. The average molecular weight is 848 g/mol. The number of hydrogen-bond acceptors (Lipinski definition) is 3. The van der Waals surface area contributed by atoms with Gasteiger partial charge in [-0.25, -0.2) is 0 Å². The minimum Gasteiger partial charge on any atom is -0.311 e. The Hall–Kier alpha value is -7.66. The predicted octanol–water partition coefficient (Wildman–Crippen LogP) is 14.1. The van der Waals surface area contributed by atoms with Crippen LogP contribution in [0, 0.1) is 13.8 Å². The maximum Gasteiger partial charge on any atom is 0.264 e. The van der Waals surface area contributed by atoms with E-state index in [2.05, 4.69) is 205 Å². The summed E-state index contributed by atoms with van der Waals surface area (Å²) < 4.78 is 26.1. The first kappa shape index (κ1) is 33.8. The van der Waals surface area contributed by atoms with Gasteiger partial charge in [-0.3, -0.25) is 0 Å². The highest BCUT2D eigenvalue weighted by molar-refractivity contribution is 7.30. The van der Waals surface area contributed by atoms with Crippen LogP contribution in [0.5, 0.6) is 0 Å². The normalized spacial score (nSPS) is 14.9. The molecule has 9 aromatic carbocycles. The second-order valence-corrected chi connectivity index (χ2v) is 18.8. The van der Waals surface area contributed by atoms with Gasteiger partial charge in [0.15, 0.2) is 0 Å². The molecule has 2 nitrogen and oxygen atoms in total. The molecule has 65 heavy (non-hydrogen) atoms. The van der Waals surface area contributed by atoms with Crippen molar-refractivity contribution < 1.29 is 4.11 Å². The first-order valence-corrected chi connectivity index (χ1v) is 23.3. The minimum absolute atomic E-state index is 0.101. The molecule has 0 N–H and O–H groups in total. The second-order valence-electron chi connectivity index (χ2n) is 17.8. The van der Waals surface area contributed by atoms with Crippen LogP contribution in [0.2, 0.25) is 0 Å². The quantitative estimate of drug-likeness (QED) is 0.163. The van der Waals surface area contributed by atoms with E-state index < -0.39 is 12.3 Å². The van der Waals surface area contributed by atoms with Gasteiger partial charge in [-0.2, -0.15) is 0 Å². The van der Waals surface area contributed by atoms with Crippen LogP contribution in [0.4, 0.5) is 34.1 Å². The monoisotopic (exact) mass is 847 g/mol. The molecule has 10 aromatic rings. The summed E-state index contributed by atoms with van der Waals surface area (Å²) >= 11 is 1.99. The van der Waals surface area contributed by atoms with Gasteiger partial charge in [0.2, 0.25) is 0 Å². The summed E-state index contributed by atoms with van der Waals surface area (Å²) in [6, 6.07) is 76.9. The fourth-order valence-electron chi connectivity index (χ4n) is 11.8. The summed E-state index contributed by atoms with van der Waals surface area (Å²) in [4.78, 5) is 6.28. The van der Waals surface area contributed by atoms with Crippen molar-refractivity contribution in [3.05, 3.63) is 245 Å². The number of aryl methyl sites for hydroxylation is 2. The molecule has 1 spiro atoms. The molecule has 2 aliphatic carbocycles. The zero-order valence-corrected chi connectivity index (χ0v) is 36.4. The zero-order chi connectivity index (χ0) is 45.5. The van der Waals surface area contributed by atoms with E-state index in [-0.39, 0.29) is 6.71 Å². The predicted molar refractivity (Wildman–Crippen MR) is 275 cm³/mol. The van der Waals surface area contributed by atoms with E-state index in [1.54, 1.807) is 12.1 Å². The van der Waals surface area contributed by atoms with E-state index in [0.717, 1.165) is 34.0 Å². The summed E-state index contributed by atoms with van der Waals surface area (Å²) in [6.07, 6.45) is 0. The summed E-state index contributed by atoms with van der Waals surface area (Å²) in [5.41, 5.74) is 23.9. The molecule has 3 heterocycles. The van der Waals surface area contributed by atoms with Crippen molar-refractivity contribution in [1.29, 1.82) is 0 Å². The van der Waals surface area contributed by atoms with E-state index in [1.807, 2.05) is 23.5 Å². The lowest BCUT2D eigenvalue weighted by Gasteiger charge is -2.43. The molecule has 0 amide bonds. The Kier molecular flexibility index (Phi) is 7.12. The van der Waals surface area contributed by atoms with Crippen LogP contribution < -0.4 is 25.5 Å². The molecular formula is C61H41BN2S. The third-order valence-electron chi connectivity index (χ3n) is 14.4. The molecular weight excluding hydrogens is 804 g/mol. The molecule has 0 radical (unpaired) electrons. The number of hydrogen-bond donors (Lipinski definition) is 0. The first-order chi connectivity index (χ1) is 33.3. The van der Waals surface area contributed by atoms with Crippen molar-refractivity contribution in [3.63, 3.8) is 0 Å². The van der Waals surface area contributed by atoms with E-state index >= 15 is 0 Å². The summed E-state index contributed by atoms with van der Waals surface area (Å²) in [6.45, 7) is -0.155. The van der Waals surface area contributed by atoms with Gasteiger partial charge in [0.25, 0.3) is 6.71 Å². The molecule has 4 aliphatic rings. The third kappa shape index (κ3) is 4.95. The number of thiophene rings is 1. The molecule has 0 saturated heterocycles. The Morgan fingerprint density at radius 2 is 1.06 bits per heavy atom. The molecule has 0 atom stereocenters. The highest BCUT2D eigenvalue weighted by Gasteiger charge is 2.56. The minimum atomic E-state index is -2.22. The lowest BCUT2D eigenvalue weighted by Crippen LogP contribution is -2.60. The van der Waals surface area contributed by atoms with Crippen LogP contribution in [-0.4, -0.2) is 6.71 Å². The number of benzene rings is 9. The lowest BCUT2D eigenvalue weighted by molar-refractivity contribution is 0.811. The zero-order valence-electron chi connectivity index (χ0n) is 38.6. The largest absolute Gasteiger partial charge is 0.311 e. The topological polar surface area (TPSA) is 6.48 Å². The van der Waals surface area contributed by atoms with Crippen LogP contribution in [0.25, 0.3) is 44.5 Å². The van der Waals surface area contributed by atoms with E-state index in [0.29, 0.717) is 5.56 Å². The number of para-hydroxylation sites is 1. The standard InChI is InChI=1S/C61H41BN2S/c1-38-28-32-43(33-29-38)63-53-26-15-27-54-57(53)62(52-35-31-41(37-55(52)63)48-36-39(2)30-34-44(48)40-16-5-3-6-17-40)60-58(64(54)42-18-7-4-8-19-42)56-47-22-11-14-25-51(47)61(59(56)65-60)49-23-12-9-20-45(49)46-21-10-13-24-50(46)61/h3-37H,1-2H3/i1D3. The summed E-state index contributed by atoms with van der Waals surface area (Å²) in [5.74, 6) is 0. The van der Waals surface area contributed by atoms with Gasteiger partial charge in [-0.1, -0.05) is 181 Å². The molecule has 1 aromatic heterocycles. The van der Waals surface area contributed by atoms with Crippen LogP contribution in [-0.2, 0) is 5.41 Å². The SMILES string of the molecule is [2H]C([2H])([2H])c1ccc(N2c3cc(-c4cc(C)ccc4-c4ccccc4)ccc3B3c4sc5c(c4N(c4ccccc4)c4cccc2c43)-c2ccccc2C52c3ccccc3-c3ccccc32)cc1. The fourth-order valence-corrected chi connectivity index (χ4v) is 13.5. The van der Waals surface area contributed by atoms with Crippen LogP contribution in [0.15, 0.2) is 212 Å². The molecule has 4 heteroatoms. The number of anilines is 6. The van der Waals surface area contributed by atoms with Gasteiger partial charge >= 0.3 is 0 Å². The molecule has 14 rings (SSSR count). The maximum absolute atomic E-state index is 8.26. The molecule has 0 bridgehead atoms. The van der Waals surface area contributed by atoms with Gasteiger partial charge in [0.1, 0.15) is 0 Å². The Balaban J connectivity index is 1.09. The van der Waals surface area contributed by atoms with Crippen molar-refractivity contribution in [2.75, 3.05) is 9.80 Å². The molecule has 0 saturated carbocycles. The number of rotatable bonds is 4. The third-order valence-corrected chi connectivity index (χ3v) is 15.8. The molecule has 0 unspecified atom stereocenters. The number of nitrogens with zero attached hydrogens (tertiary/aromatic N) is 2. The van der Waals surface area contributed by atoms with Crippen molar-refractivity contribution in [1.82, 2.24) is 0 Å². The van der Waals surface area contributed by atoms with Crippen molar-refractivity contribution >= 4 is 67.9 Å². The Bertz CT molecular complexity index is 3660. The first-order valence-electron chi connectivity index (χ1n) is 24.0. The van der Waals surface area contributed by atoms with Gasteiger partial charge in [-0.15, -0.1) is 11.3 Å². The smallest absolute Gasteiger partial charge is 0.264 e. The molecule has 0 fully saturated rings. The second kappa shape index (κ2) is 13.7. The van der Waals surface area contributed by atoms with Gasteiger partial charge in [-0.05, 0) is 123 Å². The maximum atomic E-state index is 8.26. The van der Waals surface area contributed by atoms with Crippen LogP contribution >= 0.6 is 11.3 Å². The fraction of sp³-hybridized carbons (Fsp3) is 0.0492. The van der Waals surface area contributed by atoms with Crippen molar-refractivity contribution in [2.24, 2.45) is 0 Å². The van der Waals surface area contributed by atoms with Crippen molar-refractivity contribution in [3.8, 4) is 44.5 Å². The highest BCUT2D eigenvalue weighted by Crippen LogP contribution is 2.66. The van der Waals surface area contributed by atoms with E-state index in [4.69, 9.17) is 4.11 Å². The lowest BCUT2D eigenvalue weighted by atomic mass is 9.36. The summed E-state index contributed by atoms with van der Waals surface area (Å²) in [5, 5.41) is 0. The van der Waals surface area contributed by atoms with Gasteiger partial charge < -0.3 is 9.80 Å². The Morgan fingerprint density at radius 1 is 0.462 bits per heavy atom.